The first kappa shape index (κ1) is 8.60. The summed E-state index contributed by atoms with van der Waals surface area (Å²) in [7, 11) is 0. The first-order valence-corrected chi connectivity index (χ1v) is 3.99. The van der Waals surface area contributed by atoms with E-state index in [2.05, 4.69) is 0 Å². The van der Waals surface area contributed by atoms with Gasteiger partial charge in [0.05, 0.1) is 5.03 Å². The number of hydrogen-bond donors (Lipinski definition) is 0. The predicted molar refractivity (Wildman–Crippen MR) is 43.0 cm³/mol. The second-order valence-electron chi connectivity index (χ2n) is 2.88. The molecule has 3 heteroatoms. The minimum absolute atomic E-state index is 0.284. The van der Waals surface area contributed by atoms with E-state index >= 15 is 0 Å². The van der Waals surface area contributed by atoms with Crippen molar-refractivity contribution in [2.45, 2.75) is 20.8 Å². The van der Waals surface area contributed by atoms with Gasteiger partial charge in [-0.05, 0) is 0 Å². The van der Waals surface area contributed by atoms with Crippen LogP contribution in [0, 0.1) is 11.8 Å². The second kappa shape index (κ2) is 2.86. The lowest BCUT2D eigenvalue weighted by Crippen LogP contribution is -2.26. The lowest BCUT2D eigenvalue weighted by Gasteiger charge is -2.32. The number of hydrogen-bond acceptors (Lipinski definition) is 2. The SMILES string of the molecule is CC(=O)OC1=C(Cl)[C@H](C)[C@H]1C. The van der Waals surface area contributed by atoms with Gasteiger partial charge in [0.15, 0.2) is 0 Å². The first-order valence-electron chi connectivity index (χ1n) is 3.62. The Hall–Kier alpha value is -0.500. The summed E-state index contributed by atoms with van der Waals surface area (Å²) in [5, 5.41) is 0.688. The molecule has 0 N–H and O–H groups in total. The number of rotatable bonds is 1. The van der Waals surface area contributed by atoms with Gasteiger partial charge in [-0.2, -0.15) is 0 Å². The van der Waals surface area contributed by atoms with Crippen molar-refractivity contribution in [1.29, 1.82) is 0 Å². The molecule has 0 aromatic heterocycles. The molecule has 2 atom stereocenters. The van der Waals surface area contributed by atoms with Crippen LogP contribution in [0.1, 0.15) is 20.8 Å². The molecule has 1 rings (SSSR count). The number of carbonyl (C=O) groups is 1. The Bertz CT molecular complexity index is 220. The van der Waals surface area contributed by atoms with E-state index in [1.54, 1.807) is 0 Å². The largest absolute Gasteiger partial charge is 0.430 e. The van der Waals surface area contributed by atoms with Crippen molar-refractivity contribution in [2.24, 2.45) is 11.8 Å². The molecular weight excluding hydrogens is 164 g/mol. The minimum Gasteiger partial charge on any atom is -0.430 e. The summed E-state index contributed by atoms with van der Waals surface area (Å²) in [4.78, 5) is 10.5. The molecular formula is C8H11ClO2. The Morgan fingerprint density at radius 1 is 1.45 bits per heavy atom. The van der Waals surface area contributed by atoms with E-state index in [-0.39, 0.29) is 11.9 Å². The molecule has 62 valence electrons. The number of carbonyl (C=O) groups excluding carboxylic acids is 1. The van der Waals surface area contributed by atoms with Crippen LogP contribution in [0.2, 0.25) is 0 Å². The van der Waals surface area contributed by atoms with Crippen LogP contribution in [0.25, 0.3) is 0 Å². The maximum atomic E-state index is 10.5. The van der Waals surface area contributed by atoms with Crippen molar-refractivity contribution in [3.8, 4) is 0 Å². The van der Waals surface area contributed by atoms with Crippen molar-refractivity contribution in [2.75, 3.05) is 0 Å². The number of allylic oxidation sites excluding steroid dienone is 2. The summed E-state index contributed by atoms with van der Waals surface area (Å²) in [5.74, 6) is 0.973. The highest BCUT2D eigenvalue weighted by Gasteiger charge is 2.35. The van der Waals surface area contributed by atoms with Gasteiger partial charge >= 0.3 is 5.97 Å². The third-order valence-corrected chi connectivity index (χ3v) is 2.58. The number of esters is 1. The Balaban J connectivity index is 2.67. The Morgan fingerprint density at radius 3 is 2.36 bits per heavy atom. The van der Waals surface area contributed by atoms with Gasteiger partial charge in [0.2, 0.25) is 0 Å². The molecule has 1 aliphatic rings. The van der Waals surface area contributed by atoms with Gasteiger partial charge in [-0.1, -0.05) is 25.4 Å². The van der Waals surface area contributed by atoms with Gasteiger partial charge in [0.1, 0.15) is 5.76 Å². The van der Waals surface area contributed by atoms with Gasteiger partial charge in [0, 0.05) is 18.8 Å². The zero-order valence-electron chi connectivity index (χ0n) is 6.85. The maximum absolute atomic E-state index is 10.5. The standard InChI is InChI=1S/C8H11ClO2/c1-4-5(2)8(7(4)9)11-6(3)10/h4-5H,1-3H3/t4-,5-/m1/s1. The molecule has 11 heavy (non-hydrogen) atoms. The van der Waals surface area contributed by atoms with E-state index in [0.29, 0.717) is 16.7 Å². The van der Waals surface area contributed by atoms with Gasteiger partial charge in [-0.15, -0.1) is 0 Å². The van der Waals surface area contributed by atoms with Crippen molar-refractivity contribution < 1.29 is 9.53 Å². The van der Waals surface area contributed by atoms with E-state index in [4.69, 9.17) is 16.3 Å². The van der Waals surface area contributed by atoms with Crippen molar-refractivity contribution in [3.63, 3.8) is 0 Å². The van der Waals surface area contributed by atoms with Crippen LogP contribution in [0.3, 0.4) is 0 Å². The number of halogens is 1. The van der Waals surface area contributed by atoms with Crippen molar-refractivity contribution >= 4 is 17.6 Å². The summed E-state index contributed by atoms with van der Waals surface area (Å²) >= 11 is 5.81. The average Bonchev–Trinajstić information content (AvgIpc) is 1.98. The van der Waals surface area contributed by atoms with Crippen LogP contribution in [0.4, 0.5) is 0 Å². The summed E-state index contributed by atoms with van der Waals surface area (Å²) < 4.78 is 4.89. The summed E-state index contributed by atoms with van der Waals surface area (Å²) in [6.45, 7) is 5.39. The van der Waals surface area contributed by atoms with E-state index in [9.17, 15) is 4.79 Å². The first-order chi connectivity index (χ1) is 5.04. The van der Waals surface area contributed by atoms with Crippen LogP contribution in [-0.4, -0.2) is 5.97 Å². The fourth-order valence-corrected chi connectivity index (χ4v) is 1.49. The molecule has 1 aliphatic carbocycles. The molecule has 0 spiro atoms. The third-order valence-electron chi connectivity index (χ3n) is 2.05. The fourth-order valence-electron chi connectivity index (χ4n) is 1.09. The molecule has 0 fully saturated rings. The number of ether oxygens (including phenoxy) is 1. The predicted octanol–water partition coefficient (Wildman–Crippen LogP) is 2.29. The van der Waals surface area contributed by atoms with Gasteiger partial charge in [0.25, 0.3) is 0 Å². The molecule has 0 aromatic rings. The quantitative estimate of drug-likeness (QED) is 0.571. The third kappa shape index (κ3) is 1.41. The van der Waals surface area contributed by atoms with E-state index in [0.717, 1.165) is 0 Å². The molecule has 0 heterocycles. The zero-order chi connectivity index (χ0) is 8.59. The van der Waals surface area contributed by atoms with Gasteiger partial charge in [-0.3, -0.25) is 4.79 Å². The summed E-state index contributed by atoms with van der Waals surface area (Å²) in [6.07, 6.45) is 0. The molecule has 0 radical (unpaired) electrons. The fraction of sp³-hybridized carbons (Fsp3) is 0.625. The molecule has 0 saturated heterocycles. The molecule has 0 amide bonds. The highest BCUT2D eigenvalue weighted by atomic mass is 35.5. The monoisotopic (exact) mass is 174 g/mol. The average molecular weight is 175 g/mol. The van der Waals surface area contributed by atoms with Gasteiger partial charge in [-0.25, -0.2) is 0 Å². The molecule has 0 bridgehead atoms. The minimum atomic E-state index is -0.295. The summed E-state index contributed by atoms with van der Waals surface area (Å²) in [5.41, 5.74) is 0. The van der Waals surface area contributed by atoms with Crippen molar-refractivity contribution in [1.82, 2.24) is 0 Å². The molecule has 0 saturated carbocycles. The zero-order valence-corrected chi connectivity index (χ0v) is 7.61. The second-order valence-corrected chi connectivity index (χ2v) is 3.29. The van der Waals surface area contributed by atoms with Crippen LogP contribution < -0.4 is 0 Å². The summed E-state index contributed by atoms with van der Waals surface area (Å²) in [6, 6.07) is 0. The highest BCUT2D eigenvalue weighted by molar-refractivity contribution is 6.31. The molecule has 0 aliphatic heterocycles. The lowest BCUT2D eigenvalue weighted by atomic mass is 9.82. The Morgan fingerprint density at radius 2 is 2.00 bits per heavy atom. The van der Waals surface area contributed by atoms with E-state index in [1.165, 1.54) is 6.92 Å². The van der Waals surface area contributed by atoms with E-state index < -0.39 is 0 Å². The smallest absolute Gasteiger partial charge is 0.307 e. The van der Waals surface area contributed by atoms with Crippen LogP contribution in [0.5, 0.6) is 0 Å². The normalized spacial score (nSPS) is 29.8. The molecule has 0 unspecified atom stereocenters. The molecule has 2 nitrogen and oxygen atoms in total. The Labute approximate surface area is 71.2 Å². The molecule has 0 aromatic carbocycles. The van der Waals surface area contributed by atoms with Crippen LogP contribution >= 0.6 is 11.6 Å². The van der Waals surface area contributed by atoms with Gasteiger partial charge < -0.3 is 4.74 Å². The van der Waals surface area contributed by atoms with Crippen molar-refractivity contribution in [3.05, 3.63) is 10.8 Å². The van der Waals surface area contributed by atoms with E-state index in [1.807, 2.05) is 13.8 Å². The topological polar surface area (TPSA) is 26.3 Å². The maximum Gasteiger partial charge on any atom is 0.307 e. The highest BCUT2D eigenvalue weighted by Crippen LogP contribution is 2.43. The lowest BCUT2D eigenvalue weighted by molar-refractivity contribution is -0.138. The Kier molecular flexibility index (Phi) is 2.23. The van der Waals surface area contributed by atoms with Crippen LogP contribution in [-0.2, 0) is 9.53 Å². The van der Waals surface area contributed by atoms with Crippen LogP contribution in [0.15, 0.2) is 10.8 Å².